The van der Waals surface area contributed by atoms with Crippen LogP contribution in [0.25, 0.3) is 0 Å². The van der Waals surface area contributed by atoms with Crippen molar-refractivity contribution in [3.8, 4) is 6.07 Å². The first-order valence-corrected chi connectivity index (χ1v) is 8.18. The lowest BCUT2D eigenvalue weighted by Crippen LogP contribution is -2.02. The molecule has 0 N–H and O–H groups in total. The fourth-order valence-electron chi connectivity index (χ4n) is 2.31. The Balaban J connectivity index is 1.92. The molecule has 102 valence electrons. The monoisotopic (exact) mass is 348 g/mol. The molecular weight excluding hydrogens is 336 g/mol. The van der Waals surface area contributed by atoms with E-state index >= 15 is 0 Å². The summed E-state index contributed by atoms with van der Waals surface area (Å²) >= 11 is 4.92. The van der Waals surface area contributed by atoms with Crippen LogP contribution < -0.4 is 0 Å². The van der Waals surface area contributed by atoms with Gasteiger partial charge in [-0.1, -0.05) is 22.4 Å². The van der Waals surface area contributed by atoms with Crippen LogP contribution >= 0.6 is 27.7 Å². The summed E-state index contributed by atoms with van der Waals surface area (Å²) in [5.74, 6) is 1.07. The van der Waals surface area contributed by atoms with Gasteiger partial charge in [-0.25, -0.2) is 0 Å². The van der Waals surface area contributed by atoms with Gasteiger partial charge in [-0.15, -0.1) is 10.2 Å². The summed E-state index contributed by atoms with van der Waals surface area (Å²) in [6, 6.07) is 7.97. The summed E-state index contributed by atoms with van der Waals surface area (Å²) in [6.45, 7) is 0.975. The molecule has 0 saturated carbocycles. The fourth-order valence-corrected chi connectivity index (χ4v) is 3.61. The predicted octanol–water partition coefficient (Wildman–Crippen LogP) is 3.79. The van der Waals surface area contributed by atoms with Gasteiger partial charge in [0.25, 0.3) is 0 Å². The van der Waals surface area contributed by atoms with Gasteiger partial charge in [0.1, 0.15) is 11.9 Å². The van der Waals surface area contributed by atoms with Gasteiger partial charge in [-0.2, -0.15) is 5.26 Å². The SMILES string of the molecule is N#Cc1cc(Br)ccc1Sc1nnc2n1CCCCC2. The Morgan fingerprint density at radius 3 is 3.00 bits per heavy atom. The third-order valence-electron chi connectivity index (χ3n) is 3.34. The smallest absolute Gasteiger partial charge is 0.196 e. The number of aryl methyl sites for hydroxylation is 1. The van der Waals surface area contributed by atoms with Crippen molar-refractivity contribution in [2.24, 2.45) is 0 Å². The van der Waals surface area contributed by atoms with Gasteiger partial charge in [0, 0.05) is 22.3 Å². The van der Waals surface area contributed by atoms with Crippen LogP contribution in [0.4, 0.5) is 0 Å². The fraction of sp³-hybridized carbons (Fsp3) is 0.357. The number of fused-ring (bicyclic) bond motifs is 1. The predicted molar refractivity (Wildman–Crippen MR) is 80.6 cm³/mol. The number of nitrogens with zero attached hydrogens (tertiary/aromatic N) is 4. The number of hydrogen-bond acceptors (Lipinski definition) is 4. The molecule has 0 spiro atoms. The quantitative estimate of drug-likeness (QED) is 0.828. The lowest BCUT2D eigenvalue weighted by Gasteiger charge is -2.07. The van der Waals surface area contributed by atoms with Crippen LogP contribution in [0.2, 0.25) is 0 Å². The van der Waals surface area contributed by atoms with Crippen LogP contribution in [0, 0.1) is 11.3 Å². The summed E-state index contributed by atoms with van der Waals surface area (Å²) in [5.41, 5.74) is 0.662. The first-order valence-electron chi connectivity index (χ1n) is 6.57. The van der Waals surface area contributed by atoms with Crippen molar-refractivity contribution in [3.63, 3.8) is 0 Å². The van der Waals surface area contributed by atoms with Gasteiger partial charge < -0.3 is 4.57 Å². The Bertz CT molecular complexity index is 674. The highest BCUT2D eigenvalue weighted by atomic mass is 79.9. The van der Waals surface area contributed by atoms with Crippen LogP contribution in [-0.4, -0.2) is 14.8 Å². The van der Waals surface area contributed by atoms with Gasteiger partial charge in [0.2, 0.25) is 0 Å². The molecule has 0 radical (unpaired) electrons. The second kappa shape index (κ2) is 5.98. The maximum absolute atomic E-state index is 9.23. The van der Waals surface area contributed by atoms with E-state index < -0.39 is 0 Å². The zero-order chi connectivity index (χ0) is 13.9. The molecule has 0 unspecified atom stereocenters. The summed E-state index contributed by atoms with van der Waals surface area (Å²) in [7, 11) is 0. The Morgan fingerprint density at radius 2 is 2.15 bits per heavy atom. The molecule has 20 heavy (non-hydrogen) atoms. The first-order chi connectivity index (χ1) is 9.78. The molecule has 0 atom stereocenters. The highest BCUT2D eigenvalue weighted by Crippen LogP contribution is 2.32. The van der Waals surface area contributed by atoms with Crippen molar-refractivity contribution in [1.82, 2.24) is 14.8 Å². The minimum atomic E-state index is 0.662. The molecule has 0 amide bonds. The highest BCUT2D eigenvalue weighted by Gasteiger charge is 2.16. The van der Waals surface area contributed by atoms with E-state index in [1.807, 2.05) is 18.2 Å². The maximum Gasteiger partial charge on any atom is 0.196 e. The second-order valence-corrected chi connectivity index (χ2v) is 6.64. The van der Waals surface area contributed by atoms with E-state index in [2.05, 4.69) is 36.8 Å². The van der Waals surface area contributed by atoms with Crippen molar-refractivity contribution < 1.29 is 0 Å². The van der Waals surface area contributed by atoms with Crippen molar-refractivity contribution in [2.75, 3.05) is 0 Å². The number of hydrogen-bond donors (Lipinski definition) is 0. The van der Waals surface area contributed by atoms with E-state index in [-0.39, 0.29) is 0 Å². The van der Waals surface area contributed by atoms with E-state index in [1.165, 1.54) is 31.0 Å². The number of benzene rings is 1. The molecule has 3 rings (SSSR count). The molecule has 0 saturated heterocycles. The van der Waals surface area contributed by atoms with Crippen molar-refractivity contribution in [1.29, 1.82) is 5.26 Å². The average Bonchev–Trinajstić information content (AvgIpc) is 2.69. The zero-order valence-corrected chi connectivity index (χ0v) is 13.2. The molecule has 0 aliphatic carbocycles. The van der Waals surface area contributed by atoms with Crippen LogP contribution in [0.1, 0.15) is 30.7 Å². The summed E-state index contributed by atoms with van der Waals surface area (Å²) in [4.78, 5) is 0.926. The molecular formula is C14H13BrN4S. The first kappa shape index (κ1) is 13.7. The van der Waals surface area contributed by atoms with E-state index in [9.17, 15) is 5.26 Å². The number of nitriles is 1. The van der Waals surface area contributed by atoms with Gasteiger partial charge >= 0.3 is 0 Å². The number of aromatic nitrogens is 3. The van der Waals surface area contributed by atoms with Crippen LogP contribution in [0.15, 0.2) is 32.7 Å². The molecule has 1 aliphatic rings. The van der Waals surface area contributed by atoms with E-state index in [0.29, 0.717) is 5.56 Å². The Kier molecular flexibility index (Phi) is 4.08. The van der Waals surface area contributed by atoms with Gasteiger partial charge in [-0.05, 0) is 42.8 Å². The minimum absolute atomic E-state index is 0.662. The zero-order valence-electron chi connectivity index (χ0n) is 10.8. The number of halogens is 1. The van der Waals surface area contributed by atoms with Crippen LogP contribution in [-0.2, 0) is 13.0 Å². The van der Waals surface area contributed by atoms with Crippen molar-refractivity contribution in [3.05, 3.63) is 34.1 Å². The van der Waals surface area contributed by atoms with E-state index in [1.54, 1.807) is 0 Å². The standard InChI is InChI=1S/C14H13BrN4S/c15-11-5-6-12(10(8-11)9-16)20-14-18-17-13-4-2-1-3-7-19(13)14/h5-6,8H,1-4,7H2. The number of rotatable bonds is 2. The van der Waals surface area contributed by atoms with Gasteiger partial charge in [0.15, 0.2) is 5.16 Å². The van der Waals surface area contributed by atoms with E-state index in [4.69, 9.17) is 0 Å². The molecule has 0 bridgehead atoms. The highest BCUT2D eigenvalue weighted by molar-refractivity contribution is 9.10. The minimum Gasteiger partial charge on any atom is -0.306 e. The molecule has 1 aromatic heterocycles. The summed E-state index contributed by atoms with van der Waals surface area (Å²) in [5, 5.41) is 18.7. The third-order valence-corrected chi connectivity index (χ3v) is 4.89. The Hall–Kier alpha value is -1.32. The Morgan fingerprint density at radius 1 is 1.25 bits per heavy atom. The molecule has 1 aliphatic heterocycles. The lowest BCUT2D eigenvalue weighted by atomic mass is 10.2. The largest absolute Gasteiger partial charge is 0.306 e. The molecule has 6 heteroatoms. The van der Waals surface area contributed by atoms with Crippen LogP contribution in [0.5, 0.6) is 0 Å². The summed E-state index contributed by atoms with van der Waals surface area (Å²) in [6.07, 6.45) is 4.60. The summed E-state index contributed by atoms with van der Waals surface area (Å²) < 4.78 is 3.11. The third kappa shape index (κ3) is 2.74. The van der Waals surface area contributed by atoms with E-state index in [0.717, 1.165) is 33.3 Å². The van der Waals surface area contributed by atoms with Crippen molar-refractivity contribution >= 4 is 27.7 Å². The topological polar surface area (TPSA) is 54.5 Å². The Labute approximate surface area is 130 Å². The average molecular weight is 349 g/mol. The molecule has 4 nitrogen and oxygen atoms in total. The lowest BCUT2D eigenvalue weighted by molar-refractivity contribution is 0.591. The van der Waals surface area contributed by atoms with Gasteiger partial charge in [-0.3, -0.25) is 0 Å². The second-order valence-electron chi connectivity index (χ2n) is 4.72. The normalized spacial score (nSPS) is 14.4. The van der Waals surface area contributed by atoms with Crippen LogP contribution in [0.3, 0.4) is 0 Å². The maximum atomic E-state index is 9.23. The molecule has 0 fully saturated rings. The molecule has 1 aromatic carbocycles. The van der Waals surface area contributed by atoms with Crippen molar-refractivity contribution in [2.45, 2.75) is 42.3 Å². The molecule has 2 aromatic rings. The molecule has 2 heterocycles. The van der Waals surface area contributed by atoms with Gasteiger partial charge in [0.05, 0.1) is 5.56 Å².